The van der Waals surface area contributed by atoms with Crippen LogP contribution in [0.15, 0.2) is 18.2 Å². The van der Waals surface area contributed by atoms with E-state index >= 15 is 0 Å². The van der Waals surface area contributed by atoms with E-state index in [9.17, 15) is 9.90 Å². The van der Waals surface area contributed by atoms with Gasteiger partial charge in [-0.1, -0.05) is 12.1 Å². The summed E-state index contributed by atoms with van der Waals surface area (Å²) in [7, 11) is 1.52. The predicted octanol–water partition coefficient (Wildman–Crippen LogP) is 1.85. The van der Waals surface area contributed by atoms with Crippen molar-refractivity contribution in [3.63, 3.8) is 0 Å². The number of Topliss-reactive ketones (excluding diaryl/α,β-unsaturated/α-hetero) is 1. The average molecular weight is 236 g/mol. The Balaban J connectivity index is 2.57. The topological polar surface area (TPSA) is 55.8 Å². The highest BCUT2D eigenvalue weighted by Gasteiger charge is 2.54. The van der Waals surface area contributed by atoms with Gasteiger partial charge in [-0.05, 0) is 19.9 Å². The van der Waals surface area contributed by atoms with E-state index in [1.54, 1.807) is 32.0 Å². The zero-order valence-corrected chi connectivity index (χ0v) is 10.4. The number of hydrogen-bond donors (Lipinski definition) is 1. The van der Waals surface area contributed by atoms with Gasteiger partial charge in [0.25, 0.3) is 0 Å². The molecular formula is C13H16O4. The van der Waals surface area contributed by atoms with Gasteiger partial charge in [-0.15, -0.1) is 0 Å². The van der Waals surface area contributed by atoms with Gasteiger partial charge in [-0.3, -0.25) is 4.79 Å². The maximum Gasteiger partial charge on any atom is 0.238 e. The number of rotatable bonds is 2. The Morgan fingerprint density at radius 1 is 1.41 bits per heavy atom. The molecule has 4 nitrogen and oxygen atoms in total. The van der Waals surface area contributed by atoms with Crippen LogP contribution in [0.4, 0.5) is 0 Å². The number of hydrogen-bond acceptors (Lipinski definition) is 4. The van der Waals surface area contributed by atoms with E-state index < -0.39 is 11.4 Å². The lowest BCUT2D eigenvalue weighted by Gasteiger charge is -2.33. The second-order valence-electron chi connectivity index (χ2n) is 4.59. The molecular weight excluding hydrogens is 220 g/mol. The van der Waals surface area contributed by atoms with Crippen LogP contribution in [-0.2, 0) is 10.3 Å². The number of ketones is 1. The van der Waals surface area contributed by atoms with Gasteiger partial charge in [-0.2, -0.15) is 0 Å². The molecule has 0 spiro atoms. The normalized spacial score (nSPS) is 30.9. The summed E-state index contributed by atoms with van der Waals surface area (Å²) in [4.78, 5) is 11.3. The van der Waals surface area contributed by atoms with Gasteiger partial charge in [-0.25, -0.2) is 0 Å². The van der Waals surface area contributed by atoms with Crippen LogP contribution < -0.4 is 4.74 Å². The standard InChI is InChI=1S/C13H16O4/c1-8(14)9-5-6-10-11(7-9)17-13(3,15)12(10,2)16-4/h5-7,15H,1-4H3. The van der Waals surface area contributed by atoms with E-state index in [0.717, 1.165) is 5.56 Å². The molecule has 0 radical (unpaired) electrons. The summed E-state index contributed by atoms with van der Waals surface area (Å²) in [5.74, 6) is -0.992. The summed E-state index contributed by atoms with van der Waals surface area (Å²) in [5.41, 5.74) is 0.368. The molecule has 0 amide bonds. The van der Waals surface area contributed by atoms with Crippen LogP contribution in [0.5, 0.6) is 5.75 Å². The molecule has 1 aromatic carbocycles. The number of carbonyl (C=O) groups excluding carboxylic acids is 1. The molecule has 0 saturated carbocycles. The third-order valence-electron chi connectivity index (χ3n) is 3.50. The molecule has 1 aromatic rings. The van der Waals surface area contributed by atoms with Crippen LogP contribution in [0.2, 0.25) is 0 Å². The Morgan fingerprint density at radius 2 is 2.06 bits per heavy atom. The third-order valence-corrected chi connectivity index (χ3v) is 3.50. The van der Waals surface area contributed by atoms with Gasteiger partial charge in [0.15, 0.2) is 11.4 Å². The highest BCUT2D eigenvalue weighted by atomic mass is 16.7. The van der Waals surface area contributed by atoms with Crippen molar-refractivity contribution >= 4 is 5.78 Å². The van der Waals surface area contributed by atoms with Crippen LogP contribution >= 0.6 is 0 Å². The van der Waals surface area contributed by atoms with Crippen molar-refractivity contribution in [2.45, 2.75) is 32.2 Å². The third kappa shape index (κ3) is 1.56. The van der Waals surface area contributed by atoms with Crippen LogP contribution in [-0.4, -0.2) is 23.8 Å². The van der Waals surface area contributed by atoms with Crippen molar-refractivity contribution in [2.24, 2.45) is 0 Å². The van der Waals surface area contributed by atoms with Gasteiger partial charge in [0.2, 0.25) is 5.79 Å². The molecule has 1 N–H and O–H groups in total. The zero-order chi connectivity index (χ0) is 12.8. The second-order valence-corrected chi connectivity index (χ2v) is 4.59. The number of carbonyl (C=O) groups is 1. The Morgan fingerprint density at radius 3 is 2.59 bits per heavy atom. The summed E-state index contributed by atoms with van der Waals surface area (Å²) in [6.07, 6.45) is 0. The molecule has 0 aromatic heterocycles. The van der Waals surface area contributed by atoms with E-state index in [1.807, 2.05) is 0 Å². The zero-order valence-electron chi connectivity index (χ0n) is 10.4. The van der Waals surface area contributed by atoms with Crippen LogP contribution in [0.1, 0.15) is 36.7 Å². The Labute approximate surface area is 100 Å². The number of ether oxygens (including phenoxy) is 2. The van der Waals surface area contributed by atoms with Crippen molar-refractivity contribution < 1.29 is 19.4 Å². The van der Waals surface area contributed by atoms with Gasteiger partial charge < -0.3 is 14.6 Å². The van der Waals surface area contributed by atoms with Crippen molar-refractivity contribution in [3.8, 4) is 5.75 Å². The fourth-order valence-electron chi connectivity index (χ4n) is 2.08. The molecule has 0 fully saturated rings. The largest absolute Gasteiger partial charge is 0.459 e. The minimum atomic E-state index is -1.44. The van der Waals surface area contributed by atoms with E-state index in [2.05, 4.69) is 0 Å². The fraction of sp³-hybridized carbons (Fsp3) is 0.462. The minimum absolute atomic E-state index is 0.0398. The number of fused-ring (bicyclic) bond motifs is 1. The lowest BCUT2D eigenvalue weighted by atomic mass is 9.89. The lowest BCUT2D eigenvalue weighted by molar-refractivity contribution is -0.235. The molecule has 2 unspecified atom stereocenters. The minimum Gasteiger partial charge on any atom is -0.459 e. The smallest absolute Gasteiger partial charge is 0.238 e. The Hall–Kier alpha value is -1.39. The predicted molar refractivity (Wildman–Crippen MR) is 62.1 cm³/mol. The summed E-state index contributed by atoms with van der Waals surface area (Å²) in [6.45, 7) is 4.79. The quantitative estimate of drug-likeness (QED) is 0.796. The van der Waals surface area contributed by atoms with Crippen LogP contribution in [0.3, 0.4) is 0 Å². The average Bonchev–Trinajstić information content (AvgIpc) is 2.46. The first-order chi connectivity index (χ1) is 7.82. The SMILES string of the molecule is COC1(C)c2ccc(C(C)=O)cc2OC1(C)O. The molecule has 0 aliphatic carbocycles. The van der Waals surface area contributed by atoms with Crippen molar-refractivity contribution in [2.75, 3.05) is 7.11 Å². The molecule has 0 bridgehead atoms. The van der Waals surface area contributed by atoms with E-state index in [0.29, 0.717) is 11.3 Å². The summed E-state index contributed by atoms with van der Waals surface area (Å²) >= 11 is 0. The second kappa shape index (κ2) is 3.55. The molecule has 1 aliphatic rings. The Bertz CT molecular complexity index is 478. The number of benzene rings is 1. The molecule has 1 aliphatic heterocycles. The first-order valence-corrected chi connectivity index (χ1v) is 5.44. The van der Waals surface area contributed by atoms with Gasteiger partial charge >= 0.3 is 0 Å². The van der Waals surface area contributed by atoms with Gasteiger partial charge in [0.05, 0.1) is 0 Å². The molecule has 1 heterocycles. The monoisotopic (exact) mass is 236 g/mol. The highest BCUT2D eigenvalue weighted by molar-refractivity contribution is 5.94. The van der Waals surface area contributed by atoms with E-state index in [-0.39, 0.29) is 5.78 Å². The Kier molecular flexibility index (Phi) is 2.52. The molecule has 4 heteroatoms. The van der Waals surface area contributed by atoms with E-state index in [1.165, 1.54) is 14.0 Å². The van der Waals surface area contributed by atoms with Gasteiger partial charge in [0, 0.05) is 25.2 Å². The van der Waals surface area contributed by atoms with Crippen LogP contribution in [0.25, 0.3) is 0 Å². The van der Waals surface area contributed by atoms with Crippen molar-refractivity contribution in [1.82, 2.24) is 0 Å². The van der Waals surface area contributed by atoms with Gasteiger partial charge in [0.1, 0.15) is 5.75 Å². The first-order valence-electron chi connectivity index (χ1n) is 5.44. The lowest BCUT2D eigenvalue weighted by Crippen LogP contribution is -2.48. The molecule has 92 valence electrons. The summed E-state index contributed by atoms with van der Waals surface area (Å²) < 4.78 is 10.9. The maximum atomic E-state index is 11.3. The maximum absolute atomic E-state index is 11.3. The molecule has 2 atom stereocenters. The van der Waals surface area contributed by atoms with Crippen LogP contribution in [0, 0.1) is 0 Å². The molecule has 0 saturated heterocycles. The molecule has 2 rings (SSSR count). The number of methoxy groups -OCH3 is 1. The number of aliphatic hydroxyl groups is 1. The van der Waals surface area contributed by atoms with E-state index in [4.69, 9.17) is 9.47 Å². The van der Waals surface area contributed by atoms with Crippen molar-refractivity contribution in [3.05, 3.63) is 29.3 Å². The van der Waals surface area contributed by atoms with Crippen molar-refractivity contribution in [1.29, 1.82) is 0 Å². The summed E-state index contributed by atoms with van der Waals surface area (Å²) in [6, 6.07) is 5.11. The first kappa shape index (κ1) is 12.1. The summed E-state index contributed by atoms with van der Waals surface area (Å²) in [5, 5.41) is 10.2. The fourth-order valence-corrected chi connectivity index (χ4v) is 2.08. The molecule has 17 heavy (non-hydrogen) atoms. The highest BCUT2D eigenvalue weighted by Crippen LogP contribution is 2.48.